The van der Waals surface area contributed by atoms with E-state index in [4.69, 9.17) is 4.98 Å². The van der Waals surface area contributed by atoms with Crippen LogP contribution in [0.4, 0.5) is 5.82 Å². The van der Waals surface area contributed by atoms with Gasteiger partial charge < -0.3 is 15.2 Å². The van der Waals surface area contributed by atoms with Gasteiger partial charge in [-0.3, -0.25) is 14.5 Å². The molecule has 1 saturated carbocycles. The fourth-order valence-electron chi connectivity index (χ4n) is 5.86. The summed E-state index contributed by atoms with van der Waals surface area (Å²) in [6, 6.07) is 4.14. The Morgan fingerprint density at radius 3 is 2.68 bits per heavy atom. The highest BCUT2D eigenvalue weighted by Gasteiger charge is 2.45. The van der Waals surface area contributed by atoms with Crippen molar-refractivity contribution in [2.75, 3.05) is 38.1 Å². The van der Waals surface area contributed by atoms with Gasteiger partial charge in [-0.25, -0.2) is 9.97 Å². The van der Waals surface area contributed by atoms with E-state index in [1.807, 2.05) is 12.1 Å². The monoisotopic (exact) mass is 460 g/mol. The minimum Gasteiger partial charge on any atom is -0.355 e. The number of hydrogen-bond acceptors (Lipinski definition) is 6. The lowest BCUT2D eigenvalue weighted by Gasteiger charge is -2.38. The number of H-pyrrole nitrogens is 1. The first-order valence-electron chi connectivity index (χ1n) is 12.5. The standard InChI is InChI=1S/C26H32N6O2/c1-27-24(33)18-3-5-22(28-16-18)32-12-10-31(11-13-32)19-4-2-17(14-19)23-29-21-6-7-26(8-9-26)15-20(21)25(34)30-23/h3,5,14,16,19H,2,4,6-13,15H2,1H3,(H,27,33)(H,29,30,34)/t19-/m1/s1. The van der Waals surface area contributed by atoms with Gasteiger partial charge in [0.2, 0.25) is 0 Å². The van der Waals surface area contributed by atoms with Crippen LogP contribution in [0.5, 0.6) is 0 Å². The summed E-state index contributed by atoms with van der Waals surface area (Å²) in [7, 11) is 1.63. The molecule has 0 radical (unpaired) electrons. The van der Waals surface area contributed by atoms with Gasteiger partial charge >= 0.3 is 0 Å². The molecule has 178 valence electrons. The maximum absolute atomic E-state index is 12.8. The number of allylic oxidation sites excluding steroid dienone is 1. The number of rotatable bonds is 4. The van der Waals surface area contributed by atoms with Crippen LogP contribution in [0, 0.1) is 5.41 Å². The average Bonchev–Trinajstić information content (AvgIpc) is 3.43. The SMILES string of the molecule is CNC(=O)c1ccc(N2CCN([C@H]3C=C(c4nc5c(c(=O)[nH]4)CC4(CC5)CC4)CC3)CC2)nc1. The van der Waals surface area contributed by atoms with E-state index in [1.54, 1.807) is 13.2 Å². The third-order valence-corrected chi connectivity index (χ3v) is 8.25. The number of aromatic amines is 1. The summed E-state index contributed by atoms with van der Waals surface area (Å²) < 4.78 is 0. The molecule has 1 aliphatic heterocycles. The Labute approximate surface area is 199 Å². The highest BCUT2D eigenvalue weighted by molar-refractivity contribution is 5.93. The van der Waals surface area contributed by atoms with Gasteiger partial charge in [-0.1, -0.05) is 6.08 Å². The summed E-state index contributed by atoms with van der Waals surface area (Å²) >= 11 is 0. The highest BCUT2D eigenvalue weighted by atomic mass is 16.1. The van der Waals surface area contributed by atoms with Gasteiger partial charge in [0, 0.05) is 51.0 Å². The molecule has 0 aromatic carbocycles. The van der Waals surface area contributed by atoms with Crippen LogP contribution in [-0.4, -0.2) is 65.0 Å². The van der Waals surface area contributed by atoms with E-state index in [0.29, 0.717) is 17.0 Å². The molecule has 2 aromatic rings. The molecule has 8 nitrogen and oxygen atoms in total. The molecule has 0 unspecified atom stereocenters. The van der Waals surface area contributed by atoms with Crippen molar-refractivity contribution in [3.05, 3.63) is 57.4 Å². The van der Waals surface area contributed by atoms with Crippen LogP contribution in [0.15, 0.2) is 29.2 Å². The molecule has 2 N–H and O–H groups in total. The zero-order valence-electron chi connectivity index (χ0n) is 19.8. The second kappa shape index (κ2) is 8.34. The van der Waals surface area contributed by atoms with E-state index in [9.17, 15) is 9.59 Å². The molecule has 3 aliphatic carbocycles. The number of nitrogens with zero attached hydrogens (tertiary/aromatic N) is 4. The van der Waals surface area contributed by atoms with Crippen LogP contribution in [0.25, 0.3) is 5.57 Å². The minimum atomic E-state index is -0.116. The fraction of sp³-hybridized carbons (Fsp3) is 0.538. The van der Waals surface area contributed by atoms with Gasteiger partial charge in [0.1, 0.15) is 11.6 Å². The number of piperazine rings is 1. The van der Waals surface area contributed by atoms with Gasteiger partial charge in [0.15, 0.2) is 0 Å². The molecule has 34 heavy (non-hydrogen) atoms. The summed E-state index contributed by atoms with van der Waals surface area (Å²) in [6.07, 6.45) is 11.6. The van der Waals surface area contributed by atoms with Crippen molar-refractivity contribution >= 4 is 17.3 Å². The highest BCUT2D eigenvalue weighted by Crippen LogP contribution is 2.53. The summed E-state index contributed by atoms with van der Waals surface area (Å²) in [4.78, 5) is 41.9. The third-order valence-electron chi connectivity index (χ3n) is 8.25. The smallest absolute Gasteiger partial charge is 0.254 e. The number of amides is 1. The van der Waals surface area contributed by atoms with E-state index >= 15 is 0 Å². The second-order valence-corrected chi connectivity index (χ2v) is 10.3. The number of hydrogen-bond donors (Lipinski definition) is 2. The Bertz CT molecular complexity index is 1190. The molecule has 1 saturated heterocycles. The maximum Gasteiger partial charge on any atom is 0.254 e. The lowest BCUT2D eigenvalue weighted by molar-refractivity contribution is 0.0962. The molecule has 2 aromatic heterocycles. The largest absolute Gasteiger partial charge is 0.355 e. The van der Waals surface area contributed by atoms with Crippen LogP contribution in [-0.2, 0) is 12.8 Å². The number of aromatic nitrogens is 3. The van der Waals surface area contributed by atoms with Gasteiger partial charge in [0.05, 0.1) is 11.3 Å². The molecule has 6 rings (SSSR count). The minimum absolute atomic E-state index is 0.0823. The Morgan fingerprint density at radius 2 is 1.97 bits per heavy atom. The van der Waals surface area contributed by atoms with Crippen molar-refractivity contribution in [1.29, 1.82) is 0 Å². The van der Waals surface area contributed by atoms with Crippen molar-refractivity contribution in [3.63, 3.8) is 0 Å². The normalized spacial score (nSPS) is 23.5. The molecular weight excluding hydrogens is 428 g/mol. The summed E-state index contributed by atoms with van der Waals surface area (Å²) in [5, 5.41) is 2.63. The molecule has 3 heterocycles. The van der Waals surface area contributed by atoms with Gasteiger partial charge in [0.25, 0.3) is 11.5 Å². The molecular formula is C26H32N6O2. The summed E-state index contributed by atoms with van der Waals surface area (Å²) in [6.45, 7) is 3.73. The average molecular weight is 461 g/mol. The van der Waals surface area contributed by atoms with Crippen LogP contribution < -0.4 is 15.8 Å². The van der Waals surface area contributed by atoms with Crippen LogP contribution in [0.1, 0.15) is 59.5 Å². The number of pyridine rings is 1. The van der Waals surface area contributed by atoms with E-state index in [2.05, 4.69) is 31.2 Å². The molecule has 0 bridgehead atoms. The van der Waals surface area contributed by atoms with Gasteiger partial charge in [-0.05, 0) is 68.1 Å². The fourth-order valence-corrected chi connectivity index (χ4v) is 5.86. The number of fused-ring (bicyclic) bond motifs is 1. The van der Waals surface area contributed by atoms with Crippen molar-refractivity contribution in [2.24, 2.45) is 5.41 Å². The van der Waals surface area contributed by atoms with Crippen molar-refractivity contribution < 1.29 is 4.79 Å². The Kier molecular flexibility index (Phi) is 5.28. The maximum atomic E-state index is 12.8. The van der Waals surface area contributed by atoms with Crippen LogP contribution in [0.3, 0.4) is 0 Å². The number of nitrogens with one attached hydrogen (secondary N) is 2. The van der Waals surface area contributed by atoms with Crippen LogP contribution >= 0.6 is 0 Å². The number of aryl methyl sites for hydroxylation is 1. The lowest BCUT2D eigenvalue weighted by Crippen LogP contribution is -2.49. The second-order valence-electron chi connectivity index (χ2n) is 10.3. The Hall–Kier alpha value is -3.00. The van der Waals surface area contributed by atoms with Crippen molar-refractivity contribution in [3.8, 4) is 0 Å². The first kappa shape index (κ1) is 21.5. The summed E-state index contributed by atoms with van der Waals surface area (Å²) in [5.41, 5.74) is 4.24. The van der Waals surface area contributed by atoms with Crippen molar-refractivity contribution in [1.82, 2.24) is 25.2 Å². The van der Waals surface area contributed by atoms with Gasteiger partial charge in [-0.15, -0.1) is 0 Å². The molecule has 8 heteroatoms. The molecule has 2 fully saturated rings. The Balaban J connectivity index is 1.10. The first-order chi connectivity index (χ1) is 16.5. The molecule has 1 atom stereocenters. The van der Waals surface area contributed by atoms with E-state index in [-0.39, 0.29) is 11.5 Å². The number of carbonyl (C=O) groups is 1. The van der Waals surface area contributed by atoms with E-state index in [1.165, 1.54) is 24.8 Å². The molecule has 1 spiro atoms. The number of anilines is 1. The quantitative estimate of drug-likeness (QED) is 0.726. The summed E-state index contributed by atoms with van der Waals surface area (Å²) in [5.74, 6) is 1.59. The number of carbonyl (C=O) groups excluding carboxylic acids is 1. The molecule has 4 aliphatic rings. The van der Waals surface area contributed by atoms with E-state index < -0.39 is 0 Å². The zero-order valence-corrected chi connectivity index (χ0v) is 19.8. The molecule has 1 amide bonds. The van der Waals surface area contributed by atoms with Crippen molar-refractivity contribution in [2.45, 2.75) is 51.0 Å². The van der Waals surface area contributed by atoms with Crippen LogP contribution in [0.2, 0.25) is 0 Å². The zero-order chi connectivity index (χ0) is 23.3. The third kappa shape index (κ3) is 3.94. The first-order valence-corrected chi connectivity index (χ1v) is 12.5. The van der Waals surface area contributed by atoms with E-state index in [0.717, 1.165) is 74.8 Å². The predicted octanol–water partition coefficient (Wildman–Crippen LogP) is 2.16. The Morgan fingerprint density at radius 1 is 1.15 bits per heavy atom. The topological polar surface area (TPSA) is 94.2 Å². The van der Waals surface area contributed by atoms with Gasteiger partial charge in [-0.2, -0.15) is 0 Å². The predicted molar refractivity (Wildman–Crippen MR) is 131 cm³/mol. The lowest BCUT2D eigenvalue weighted by atomic mass is 9.84.